The summed E-state index contributed by atoms with van der Waals surface area (Å²) in [6.07, 6.45) is 15.5. The van der Waals surface area contributed by atoms with E-state index in [1.807, 2.05) is 0 Å². The van der Waals surface area contributed by atoms with E-state index in [0.29, 0.717) is 6.42 Å². The summed E-state index contributed by atoms with van der Waals surface area (Å²) in [6.45, 7) is 4.56. The zero-order valence-corrected chi connectivity index (χ0v) is 12.2. The summed E-state index contributed by atoms with van der Waals surface area (Å²) < 4.78 is 0. The zero-order valence-electron chi connectivity index (χ0n) is 12.2. The molecule has 0 spiro atoms. The van der Waals surface area contributed by atoms with Crippen LogP contribution in [0.1, 0.15) is 78.1 Å². The first-order valence-corrected chi connectivity index (χ1v) is 7.49. The highest BCUT2D eigenvalue weighted by Gasteiger charge is 1.95. The summed E-state index contributed by atoms with van der Waals surface area (Å²) in [5.41, 5.74) is 0. The molecule has 0 heterocycles. The van der Waals surface area contributed by atoms with Crippen molar-refractivity contribution >= 4 is 5.97 Å². The van der Waals surface area contributed by atoms with E-state index in [1.54, 1.807) is 0 Å². The third-order valence-corrected chi connectivity index (χ3v) is 3.08. The lowest BCUT2D eigenvalue weighted by molar-refractivity contribution is -0.137. The number of carboxylic acids is 1. The summed E-state index contributed by atoms with van der Waals surface area (Å²) in [5.74, 6) is 0.165. The molecule has 0 radical (unpaired) electrons. The average molecular weight is 254 g/mol. The first-order chi connectivity index (χ1) is 8.63. The minimum absolute atomic E-state index is 0.319. The molecule has 0 amide bonds. The molecule has 0 saturated carbocycles. The highest BCUT2D eigenvalue weighted by molar-refractivity contribution is 5.66. The molecule has 0 aliphatic carbocycles. The Labute approximate surface area is 112 Å². The number of carboxylic acid groups (broad SMARTS) is 1. The standard InChI is InChI=1S/C16H30O2/c1-15(2)13-11-9-7-5-3-4-6-8-10-12-14-16(17)18/h3-4,15H,5-14H2,1-2H3,(H,17,18)/b4-3+. The Bertz CT molecular complexity index is 219. The lowest BCUT2D eigenvalue weighted by Crippen LogP contribution is -1.93. The maximum Gasteiger partial charge on any atom is 0.303 e. The maximum absolute atomic E-state index is 10.3. The van der Waals surface area contributed by atoms with E-state index < -0.39 is 5.97 Å². The van der Waals surface area contributed by atoms with E-state index in [1.165, 1.54) is 32.1 Å². The monoisotopic (exact) mass is 254 g/mol. The normalized spacial score (nSPS) is 11.5. The van der Waals surface area contributed by atoms with E-state index >= 15 is 0 Å². The van der Waals surface area contributed by atoms with Crippen LogP contribution in [0.25, 0.3) is 0 Å². The van der Waals surface area contributed by atoms with Gasteiger partial charge in [-0.15, -0.1) is 0 Å². The van der Waals surface area contributed by atoms with Gasteiger partial charge in [-0.05, 0) is 38.0 Å². The zero-order chi connectivity index (χ0) is 13.6. The molecule has 0 aliphatic heterocycles. The fourth-order valence-electron chi connectivity index (χ4n) is 1.94. The topological polar surface area (TPSA) is 37.3 Å². The smallest absolute Gasteiger partial charge is 0.303 e. The Morgan fingerprint density at radius 1 is 0.944 bits per heavy atom. The summed E-state index contributed by atoms with van der Waals surface area (Å²) >= 11 is 0. The summed E-state index contributed by atoms with van der Waals surface area (Å²) in [5, 5.41) is 8.48. The second-order valence-corrected chi connectivity index (χ2v) is 5.50. The molecule has 0 unspecified atom stereocenters. The number of aliphatic carboxylic acids is 1. The van der Waals surface area contributed by atoms with Crippen LogP contribution >= 0.6 is 0 Å². The molecule has 0 atom stereocenters. The minimum atomic E-state index is -0.674. The Morgan fingerprint density at radius 2 is 1.50 bits per heavy atom. The molecule has 0 aliphatic rings. The SMILES string of the molecule is CC(C)CCCCC/C=C/CCCCCC(=O)O. The number of hydrogen-bond acceptors (Lipinski definition) is 1. The van der Waals surface area contributed by atoms with Crippen molar-refractivity contribution in [2.75, 3.05) is 0 Å². The van der Waals surface area contributed by atoms with Crippen molar-refractivity contribution in [1.82, 2.24) is 0 Å². The molecular formula is C16H30O2. The van der Waals surface area contributed by atoms with Crippen molar-refractivity contribution in [2.45, 2.75) is 78.1 Å². The van der Waals surface area contributed by atoms with Crippen LogP contribution in [-0.2, 0) is 4.79 Å². The molecule has 0 aromatic heterocycles. The van der Waals surface area contributed by atoms with Crippen LogP contribution in [0.15, 0.2) is 12.2 Å². The molecule has 0 bridgehead atoms. The van der Waals surface area contributed by atoms with Crippen molar-refractivity contribution in [3.63, 3.8) is 0 Å². The first-order valence-electron chi connectivity index (χ1n) is 7.49. The highest BCUT2D eigenvalue weighted by Crippen LogP contribution is 2.10. The van der Waals surface area contributed by atoms with Crippen LogP contribution in [0.2, 0.25) is 0 Å². The molecule has 2 heteroatoms. The van der Waals surface area contributed by atoms with E-state index in [0.717, 1.165) is 31.6 Å². The Hall–Kier alpha value is -0.790. The van der Waals surface area contributed by atoms with Gasteiger partial charge in [-0.2, -0.15) is 0 Å². The van der Waals surface area contributed by atoms with Crippen molar-refractivity contribution in [1.29, 1.82) is 0 Å². The summed E-state index contributed by atoms with van der Waals surface area (Å²) in [4.78, 5) is 10.3. The van der Waals surface area contributed by atoms with Crippen molar-refractivity contribution < 1.29 is 9.90 Å². The van der Waals surface area contributed by atoms with Gasteiger partial charge >= 0.3 is 5.97 Å². The van der Waals surface area contributed by atoms with Crippen molar-refractivity contribution in [2.24, 2.45) is 5.92 Å². The van der Waals surface area contributed by atoms with E-state index in [4.69, 9.17) is 5.11 Å². The van der Waals surface area contributed by atoms with Crippen LogP contribution in [0.5, 0.6) is 0 Å². The fourth-order valence-corrected chi connectivity index (χ4v) is 1.94. The molecule has 1 N–H and O–H groups in total. The second kappa shape index (κ2) is 12.7. The van der Waals surface area contributed by atoms with Crippen LogP contribution in [0.3, 0.4) is 0 Å². The van der Waals surface area contributed by atoms with Gasteiger partial charge in [0.25, 0.3) is 0 Å². The van der Waals surface area contributed by atoms with Gasteiger partial charge in [-0.1, -0.05) is 51.7 Å². The number of carbonyl (C=O) groups is 1. The molecule has 106 valence electrons. The van der Waals surface area contributed by atoms with Gasteiger partial charge in [0, 0.05) is 6.42 Å². The van der Waals surface area contributed by atoms with E-state index in [9.17, 15) is 4.79 Å². The van der Waals surface area contributed by atoms with Crippen LogP contribution < -0.4 is 0 Å². The van der Waals surface area contributed by atoms with Crippen LogP contribution in [0, 0.1) is 5.92 Å². The Morgan fingerprint density at radius 3 is 2.00 bits per heavy atom. The summed E-state index contributed by atoms with van der Waals surface area (Å²) in [7, 11) is 0. The molecule has 18 heavy (non-hydrogen) atoms. The predicted octanol–water partition coefficient (Wildman–Crippen LogP) is 5.18. The third kappa shape index (κ3) is 15.2. The number of unbranched alkanes of at least 4 members (excludes halogenated alkanes) is 6. The van der Waals surface area contributed by atoms with E-state index in [-0.39, 0.29) is 0 Å². The van der Waals surface area contributed by atoms with Gasteiger partial charge in [-0.25, -0.2) is 0 Å². The van der Waals surface area contributed by atoms with Crippen molar-refractivity contribution in [3.8, 4) is 0 Å². The molecule has 0 fully saturated rings. The lowest BCUT2D eigenvalue weighted by Gasteiger charge is -2.02. The molecule has 0 aromatic rings. The van der Waals surface area contributed by atoms with Gasteiger partial charge in [-0.3, -0.25) is 4.79 Å². The number of rotatable bonds is 12. The highest BCUT2D eigenvalue weighted by atomic mass is 16.4. The molecule has 2 nitrogen and oxygen atoms in total. The lowest BCUT2D eigenvalue weighted by atomic mass is 10.0. The van der Waals surface area contributed by atoms with Crippen molar-refractivity contribution in [3.05, 3.63) is 12.2 Å². The third-order valence-electron chi connectivity index (χ3n) is 3.08. The second-order valence-electron chi connectivity index (χ2n) is 5.50. The fraction of sp³-hybridized carbons (Fsp3) is 0.812. The van der Waals surface area contributed by atoms with Gasteiger partial charge in [0.05, 0.1) is 0 Å². The summed E-state index contributed by atoms with van der Waals surface area (Å²) in [6, 6.07) is 0. The molecule has 0 saturated heterocycles. The van der Waals surface area contributed by atoms with Crippen LogP contribution in [-0.4, -0.2) is 11.1 Å². The predicted molar refractivity (Wildman–Crippen MR) is 77.8 cm³/mol. The molecule has 0 rings (SSSR count). The van der Waals surface area contributed by atoms with E-state index in [2.05, 4.69) is 26.0 Å². The van der Waals surface area contributed by atoms with Crippen LogP contribution in [0.4, 0.5) is 0 Å². The Kier molecular flexibility index (Phi) is 12.1. The number of hydrogen-bond donors (Lipinski definition) is 1. The Balaban J connectivity index is 3.11. The largest absolute Gasteiger partial charge is 0.481 e. The van der Waals surface area contributed by atoms with Gasteiger partial charge in [0.2, 0.25) is 0 Å². The van der Waals surface area contributed by atoms with Gasteiger partial charge in [0.1, 0.15) is 0 Å². The average Bonchev–Trinajstić information content (AvgIpc) is 2.29. The number of allylic oxidation sites excluding steroid dienone is 2. The first kappa shape index (κ1) is 17.2. The minimum Gasteiger partial charge on any atom is -0.481 e. The van der Waals surface area contributed by atoms with Gasteiger partial charge < -0.3 is 5.11 Å². The quantitative estimate of drug-likeness (QED) is 0.384. The molecular weight excluding hydrogens is 224 g/mol. The molecule has 0 aromatic carbocycles. The van der Waals surface area contributed by atoms with Gasteiger partial charge in [0.15, 0.2) is 0 Å². The maximum atomic E-state index is 10.3.